The summed E-state index contributed by atoms with van der Waals surface area (Å²) in [6, 6.07) is 3.97. The van der Waals surface area contributed by atoms with Crippen molar-refractivity contribution < 1.29 is 10.2 Å². The molecular formula is C12H17N3O2. The first-order valence-electron chi connectivity index (χ1n) is 5.77. The number of piperidine rings is 1. The van der Waals surface area contributed by atoms with Gasteiger partial charge in [0.15, 0.2) is 0 Å². The van der Waals surface area contributed by atoms with E-state index in [9.17, 15) is 10.2 Å². The highest BCUT2D eigenvalue weighted by molar-refractivity contribution is 5.35. The zero-order chi connectivity index (χ0) is 12.4. The Morgan fingerprint density at radius 2 is 2.29 bits per heavy atom. The zero-order valence-corrected chi connectivity index (χ0v) is 9.85. The van der Waals surface area contributed by atoms with Gasteiger partial charge in [-0.25, -0.2) is 0 Å². The maximum atomic E-state index is 9.58. The number of aromatic amines is 1. The third kappa shape index (κ3) is 2.67. The molecule has 1 aromatic heterocycles. The van der Waals surface area contributed by atoms with Crippen molar-refractivity contribution in [2.24, 2.45) is 0 Å². The monoisotopic (exact) mass is 235 g/mol. The fourth-order valence-electron chi connectivity index (χ4n) is 2.20. The first-order chi connectivity index (χ1) is 8.10. The lowest BCUT2D eigenvalue weighted by Gasteiger charge is -2.33. The lowest BCUT2D eigenvalue weighted by molar-refractivity contribution is -0.0406. The minimum atomic E-state index is -0.671. The molecule has 2 heterocycles. The summed E-state index contributed by atoms with van der Waals surface area (Å²) >= 11 is 0. The number of aliphatic hydroxyl groups is 2. The fourth-order valence-corrected chi connectivity index (χ4v) is 2.20. The standard InChI is InChI=1S/C12H17N3O2/c1-8-9(5-13)4-10(14-8)6-15-3-2-11(16)12(17)7-15/h4,11-12,14,16-17H,2-3,6-7H2,1H3/t11-,12+/m0/s1. The molecule has 0 saturated carbocycles. The number of nitrogens with zero attached hydrogens (tertiary/aromatic N) is 2. The van der Waals surface area contributed by atoms with E-state index >= 15 is 0 Å². The molecule has 17 heavy (non-hydrogen) atoms. The van der Waals surface area contributed by atoms with E-state index in [0.717, 1.165) is 17.9 Å². The molecule has 5 heteroatoms. The van der Waals surface area contributed by atoms with Crippen LogP contribution in [0.4, 0.5) is 0 Å². The van der Waals surface area contributed by atoms with E-state index in [-0.39, 0.29) is 0 Å². The summed E-state index contributed by atoms with van der Waals surface area (Å²) in [6.07, 6.45) is -0.687. The number of hydrogen-bond donors (Lipinski definition) is 3. The number of hydrogen-bond acceptors (Lipinski definition) is 4. The molecule has 92 valence electrons. The van der Waals surface area contributed by atoms with E-state index in [1.54, 1.807) is 0 Å². The van der Waals surface area contributed by atoms with Crippen LogP contribution in [0.5, 0.6) is 0 Å². The van der Waals surface area contributed by atoms with Crippen molar-refractivity contribution in [3.8, 4) is 6.07 Å². The number of likely N-dealkylation sites (tertiary alicyclic amines) is 1. The Labute approximate surface area is 100 Å². The average molecular weight is 235 g/mol. The predicted molar refractivity (Wildman–Crippen MR) is 62.2 cm³/mol. The van der Waals surface area contributed by atoms with Crippen LogP contribution in [0, 0.1) is 18.3 Å². The summed E-state index contributed by atoms with van der Waals surface area (Å²) in [5.41, 5.74) is 2.51. The second kappa shape index (κ2) is 4.88. The Bertz CT molecular complexity index is 435. The zero-order valence-electron chi connectivity index (χ0n) is 9.85. The van der Waals surface area contributed by atoms with Crippen LogP contribution in [0.1, 0.15) is 23.4 Å². The highest BCUT2D eigenvalue weighted by atomic mass is 16.3. The molecular weight excluding hydrogens is 218 g/mol. The van der Waals surface area contributed by atoms with Crippen LogP contribution in [-0.2, 0) is 6.54 Å². The third-order valence-corrected chi connectivity index (χ3v) is 3.22. The van der Waals surface area contributed by atoms with Gasteiger partial charge in [0, 0.05) is 31.0 Å². The lowest BCUT2D eigenvalue weighted by Crippen LogP contribution is -2.46. The summed E-state index contributed by atoms with van der Waals surface area (Å²) in [5.74, 6) is 0. The molecule has 0 radical (unpaired) electrons. The van der Waals surface area contributed by atoms with Gasteiger partial charge in [0.1, 0.15) is 6.07 Å². The van der Waals surface area contributed by atoms with Gasteiger partial charge >= 0.3 is 0 Å². The Hall–Kier alpha value is -1.35. The van der Waals surface area contributed by atoms with Crippen molar-refractivity contribution in [2.75, 3.05) is 13.1 Å². The van der Waals surface area contributed by atoms with Crippen molar-refractivity contribution in [3.63, 3.8) is 0 Å². The number of rotatable bonds is 2. The van der Waals surface area contributed by atoms with Gasteiger partial charge in [-0.2, -0.15) is 5.26 Å². The minimum Gasteiger partial charge on any atom is -0.390 e. The summed E-state index contributed by atoms with van der Waals surface area (Å²) < 4.78 is 0. The SMILES string of the molecule is Cc1[nH]c(CN2CC[C@H](O)[C@H](O)C2)cc1C#N. The molecule has 5 nitrogen and oxygen atoms in total. The Balaban J connectivity index is 1.99. The molecule has 0 amide bonds. The number of aliphatic hydroxyl groups excluding tert-OH is 2. The van der Waals surface area contributed by atoms with Crippen molar-refractivity contribution in [3.05, 3.63) is 23.0 Å². The molecule has 1 aromatic rings. The number of β-amino-alcohol motifs (C(OH)–C–C–N with tert-alkyl or cyclic N) is 1. The minimum absolute atomic E-state index is 0.473. The quantitative estimate of drug-likeness (QED) is 0.680. The number of aromatic nitrogens is 1. The molecule has 1 aliphatic rings. The molecule has 3 N–H and O–H groups in total. The number of nitrogens with one attached hydrogen (secondary N) is 1. The summed E-state index contributed by atoms with van der Waals surface area (Å²) in [6.45, 7) is 3.78. The maximum absolute atomic E-state index is 9.58. The van der Waals surface area contributed by atoms with Gasteiger partial charge in [-0.3, -0.25) is 4.90 Å². The van der Waals surface area contributed by atoms with Crippen molar-refractivity contribution in [2.45, 2.75) is 32.1 Å². The van der Waals surface area contributed by atoms with Gasteiger partial charge in [-0.1, -0.05) is 0 Å². The molecule has 0 unspecified atom stereocenters. The van der Waals surface area contributed by atoms with Gasteiger partial charge in [-0.05, 0) is 19.4 Å². The molecule has 2 rings (SSSR count). The van der Waals surface area contributed by atoms with Crippen molar-refractivity contribution in [1.29, 1.82) is 5.26 Å². The molecule has 0 spiro atoms. The van der Waals surface area contributed by atoms with E-state index in [2.05, 4.69) is 16.0 Å². The molecule has 1 fully saturated rings. The number of aryl methyl sites for hydroxylation is 1. The summed E-state index contributed by atoms with van der Waals surface area (Å²) in [4.78, 5) is 5.23. The molecule has 1 saturated heterocycles. The van der Waals surface area contributed by atoms with Gasteiger partial charge in [0.25, 0.3) is 0 Å². The first-order valence-corrected chi connectivity index (χ1v) is 5.77. The van der Waals surface area contributed by atoms with Crippen molar-refractivity contribution in [1.82, 2.24) is 9.88 Å². The van der Waals surface area contributed by atoms with E-state index in [1.165, 1.54) is 0 Å². The Morgan fingerprint density at radius 3 is 2.88 bits per heavy atom. The van der Waals surface area contributed by atoms with E-state index < -0.39 is 12.2 Å². The molecule has 2 atom stereocenters. The normalized spacial score (nSPS) is 25.8. The van der Waals surface area contributed by atoms with Crippen LogP contribution >= 0.6 is 0 Å². The van der Waals surface area contributed by atoms with E-state index in [4.69, 9.17) is 5.26 Å². The van der Waals surface area contributed by atoms with Crippen LogP contribution in [0.2, 0.25) is 0 Å². The molecule has 0 bridgehead atoms. The third-order valence-electron chi connectivity index (χ3n) is 3.22. The van der Waals surface area contributed by atoms with Gasteiger partial charge in [0.05, 0.1) is 17.8 Å². The van der Waals surface area contributed by atoms with Crippen LogP contribution in [0.3, 0.4) is 0 Å². The summed E-state index contributed by atoms with van der Waals surface area (Å²) in [7, 11) is 0. The van der Waals surface area contributed by atoms with Gasteiger partial charge < -0.3 is 15.2 Å². The van der Waals surface area contributed by atoms with Crippen LogP contribution in [0.25, 0.3) is 0 Å². The van der Waals surface area contributed by atoms with E-state index in [0.29, 0.717) is 25.1 Å². The second-order valence-corrected chi connectivity index (χ2v) is 4.60. The Kier molecular flexibility index (Phi) is 3.48. The highest BCUT2D eigenvalue weighted by Crippen LogP contribution is 2.15. The average Bonchev–Trinajstić information content (AvgIpc) is 2.64. The second-order valence-electron chi connectivity index (χ2n) is 4.60. The van der Waals surface area contributed by atoms with E-state index in [1.807, 2.05) is 13.0 Å². The molecule has 1 aliphatic heterocycles. The van der Waals surface area contributed by atoms with Gasteiger partial charge in [0.2, 0.25) is 0 Å². The number of H-pyrrole nitrogens is 1. The van der Waals surface area contributed by atoms with Crippen LogP contribution in [-0.4, -0.2) is 45.4 Å². The first kappa shape index (κ1) is 12.1. The lowest BCUT2D eigenvalue weighted by atomic mass is 10.1. The molecule has 0 aliphatic carbocycles. The largest absolute Gasteiger partial charge is 0.390 e. The highest BCUT2D eigenvalue weighted by Gasteiger charge is 2.25. The van der Waals surface area contributed by atoms with Gasteiger partial charge in [-0.15, -0.1) is 0 Å². The van der Waals surface area contributed by atoms with Crippen LogP contribution < -0.4 is 0 Å². The number of nitriles is 1. The smallest absolute Gasteiger partial charge is 0.101 e. The summed E-state index contributed by atoms with van der Waals surface area (Å²) in [5, 5.41) is 27.9. The van der Waals surface area contributed by atoms with Crippen LogP contribution in [0.15, 0.2) is 6.07 Å². The maximum Gasteiger partial charge on any atom is 0.101 e. The van der Waals surface area contributed by atoms with Crippen molar-refractivity contribution >= 4 is 0 Å². The fraction of sp³-hybridized carbons (Fsp3) is 0.583. The molecule has 0 aromatic carbocycles. The Morgan fingerprint density at radius 1 is 1.53 bits per heavy atom. The topological polar surface area (TPSA) is 83.3 Å². The predicted octanol–water partition coefficient (Wildman–Crippen LogP) is 0.122.